The van der Waals surface area contributed by atoms with Crippen molar-refractivity contribution in [3.8, 4) is 11.5 Å². The van der Waals surface area contributed by atoms with Crippen molar-refractivity contribution in [2.45, 2.75) is 13.8 Å². The molecule has 0 fully saturated rings. The lowest BCUT2D eigenvalue weighted by Crippen LogP contribution is -2.01. The Balaban J connectivity index is 2.24. The summed E-state index contributed by atoms with van der Waals surface area (Å²) in [5.74, 6) is 1.77. The minimum Gasteiger partial charge on any atom is -0.454 e. The highest BCUT2D eigenvalue weighted by Gasteiger charge is 2.13. The molecule has 0 radical (unpaired) electrons. The fourth-order valence-corrected chi connectivity index (χ4v) is 2.20. The van der Waals surface area contributed by atoms with E-state index >= 15 is 0 Å². The number of furan rings is 1. The molecule has 3 aromatic rings. The molecule has 2 heterocycles. The molecule has 0 saturated carbocycles. The first kappa shape index (κ1) is 12.0. The molecule has 0 spiro atoms. The maximum atomic E-state index is 5.97. The van der Waals surface area contributed by atoms with Crippen LogP contribution in [0.25, 0.3) is 22.4 Å². The third kappa shape index (κ3) is 2.04. The van der Waals surface area contributed by atoms with Gasteiger partial charge >= 0.3 is 0 Å². The standard InChI is InChI=1S/C14H12ClN3O/c1-7-13(17-8(2)18-14(7)16)12-6-9-5-10(15)3-4-11(9)19-12/h3-6H,1-2H3,(H2,16,17,18). The Hall–Kier alpha value is -2.07. The average molecular weight is 274 g/mol. The topological polar surface area (TPSA) is 64.9 Å². The van der Waals surface area contributed by atoms with Crippen LogP contribution < -0.4 is 5.73 Å². The van der Waals surface area contributed by atoms with Gasteiger partial charge in [0.1, 0.15) is 22.9 Å². The molecule has 96 valence electrons. The van der Waals surface area contributed by atoms with Gasteiger partial charge < -0.3 is 10.2 Å². The van der Waals surface area contributed by atoms with Gasteiger partial charge in [0.15, 0.2) is 5.76 Å². The molecule has 1 aromatic carbocycles. The summed E-state index contributed by atoms with van der Waals surface area (Å²) in [7, 11) is 0. The molecule has 0 unspecified atom stereocenters. The molecule has 0 saturated heterocycles. The van der Waals surface area contributed by atoms with E-state index in [0.29, 0.717) is 22.4 Å². The molecule has 3 rings (SSSR count). The summed E-state index contributed by atoms with van der Waals surface area (Å²) < 4.78 is 5.80. The normalized spacial score (nSPS) is 11.1. The first-order chi connectivity index (χ1) is 9.04. The molecule has 0 aliphatic rings. The summed E-state index contributed by atoms with van der Waals surface area (Å²) in [6.45, 7) is 3.68. The fraction of sp³-hybridized carbons (Fsp3) is 0.143. The van der Waals surface area contributed by atoms with Gasteiger partial charge in [-0.2, -0.15) is 0 Å². The number of hydrogen-bond donors (Lipinski definition) is 1. The molecular weight excluding hydrogens is 262 g/mol. The lowest BCUT2D eigenvalue weighted by atomic mass is 10.1. The Morgan fingerprint density at radius 2 is 1.95 bits per heavy atom. The third-order valence-electron chi connectivity index (χ3n) is 3.01. The summed E-state index contributed by atoms with van der Waals surface area (Å²) in [6, 6.07) is 7.41. The van der Waals surface area contributed by atoms with Crippen LogP contribution in [0.15, 0.2) is 28.7 Å². The van der Waals surface area contributed by atoms with Crippen LogP contribution in [-0.2, 0) is 0 Å². The minimum atomic E-state index is 0.473. The van der Waals surface area contributed by atoms with E-state index in [4.69, 9.17) is 21.8 Å². The Kier molecular flexibility index (Phi) is 2.68. The van der Waals surface area contributed by atoms with Crippen molar-refractivity contribution >= 4 is 28.4 Å². The van der Waals surface area contributed by atoms with Crippen molar-refractivity contribution in [2.75, 3.05) is 5.73 Å². The molecule has 0 aliphatic heterocycles. The summed E-state index contributed by atoms with van der Waals surface area (Å²) in [5, 5.41) is 1.62. The zero-order valence-electron chi connectivity index (χ0n) is 10.6. The van der Waals surface area contributed by atoms with Gasteiger partial charge in [-0.05, 0) is 38.1 Å². The van der Waals surface area contributed by atoms with Gasteiger partial charge in [0, 0.05) is 16.0 Å². The Morgan fingerprint density at radius 1 is 1.16 bits per heavy atom. The predicted molar refractivity (Wildman–Crippen MR) is 76.1 cm³/mol. The van der Waals surface area contributed by atoms with E-state index in [1.165, 1.54) is 0 Å². The smallest absolute Gasteiger partial charge is 0.154 e. The van der Waals surface area contributed by atoms with Gasteiger partial charge in [-0.15, -0.1) is 0 Å². The molecule has 5 heteroatoms. The van der Waals surface area contributed by atoms with E-state index in [2.05, 4.69) is 9.97 Å². The van der Waals surface area contributed by atoms with Crippen LogP contribution in [0.1, 0.15) is 11.4 Å². The summed E-state index contributed by atoms with van der Waals surface area (Å²) in [4.78, 5) is 8.53. The van der Waals surface area contributed by atoms with Crippen LogP contribution in [0.3, 0.4) is 0 Å². The molecule has 2 N–H and O–H groups in total. The summed E-state index contributed by atoms with van der Waals surface area (Å²) in [6.07, 6.45) is 0. The maximum Gasteiger partial charge on any atom is 0.154 e. The van der Waals surface area contributed by atoms with E-state index < -0.39 is 0 Å². The van der Waals surface area contributed by atoms with E-state index in [9.17, 15) is 0 Å². The number of fused-ring (bicyclic) bond motifs is 1. The van der Waals surface area contributed by atoms with Gasteiger partial charge in [0.05, 0.1) is 0 Å². The van der Waals surface area contributed by atoms with Crippen LogP contribution in [-0.4, -0.2) is 9.97 Å². The van der Waals surface area contributed by atoms with E-state index in [0.717, 1.165) is 22.2 Å². The van der Waals surface area contributed by atoms with E-state index in [1.54, 1.807) is 13.0 Å². The number of aryl methyl sites for hydroxylation is 1. The van der Waals surface area contributed by atoms with Crippen LogP contribution >= 0.6 is 11.6 Å². The quantitative estimate of drug-likeness (QED) is 0.733. The van der Waals surface area contributed by atoms with Crippen molar-refractivity contribution in [3.63, 3.8) is 0 Å². The van der Waals surface area contributed by atoms with Gasteiger partial charge in [0.25, 0.3) is 0 Å². The van der Waals surface area contributed by atoms with Gasteiger partial charge in [-0.3, -0.25) is 0 Å². The number of rotatable bonds is 1. The number of nitrogen functional groups attached to an aromatic ring is 1. The average Bonchev–Trinajstić information content (AvgIpc) is 2.76. The number of nitrogens with zero attached hydrogens (tertiary/aromatic N) is 2. The molecule has 0 amide bonds. The van der Waals surface area contributed by atoms with Crippen molar-refractivity contribution in [2.24, 2.45) is 0 Å². The molecule has 0 aliphatic carbocycles. The zero-order chi connectivity index (χ0) is 13.6. The van der Waals surface area contributed by atoms with Crippen LogP contribution in [0.5, 0.6) is 0 Å². The van der Waals surface area contributed by atoms with Crippen LogP contribution in [0.4, 0.5) is 5.82 Å². The zero-order valence-corrected chi connectivity index (χ0v) is 11.3. The van der Waals surface area contributed by atoms with Crippen molar-refractivity contribution in [1.82, 2.24) is 9.97 Å². The molecule has 0 atom stereocenters. The van der Waals surface area contributed by atoms with Crippen LogP contribution in [0.2, 0.25) is 5.02 Å². The van der Waals surface area contributed by atoms with E-state index in [1.807, 2.05) is 25.1 Å². The van der Waals surface area contributed by atoms with Crippen molar-refractivity contribution < 1.29 is 4.42 Å². The van der Waals surface area contributed by atoms with E-state index in [-0.39, 0.29) is 0 Å². The Labute approximate surface area is 115 Å². The summed E-state index contributed by atoms with van der Waals surface area (Å²) >= 11 is 5.97. The highest BCUT2D eigenvalue weighted by molar-refractivity contribution is 6.31. The van der Waals surface area contributed by atoms with Crippen molar-refractivity contribution in [3.05, 3.63) is 40.7 Å². The fourth-order valence-electron chi connectivity index (χ4n) is 2.02. The first-order valence-electron chi connectivity index (χ1n) is 5.85. The van der Waals surface area contributed by atoms with Crippen molar-refractivity contribution in [1.29, 1.82) is 0 Å². The number of halogens is 1. The second-order valence-electron chi connectivity index (χ2n) is 4.42. The monoisotopic (exact) mass is 273 g/mol. The molecule has 0 bridgehead atoms. The SMILES string of the molecule is Cc1nc(N)c(C)c(-c2cc3cc(Cl)ccc3o2)n1. The lowest BCUT2D eigenvalue weighted by Gasteiger charge is -2.05. The predicted octanol–water partition coefficient (Wildman–Crippen LogP) is 3.74. The maximum absolute atomic E-state index is 5.97. The third-order valence-corrected chi connectivity index (χ3v) is 3.24. The second kappa shape index (κ2) is 4.24. The Morgan fingerprint density at radius 3 is 2.74 bits per heavy atom. The number of nitrogens with two attached hydrogens (primary N) is 1. The molecule has 2 aromatic heterocycles. The second-order valence-corrected chi connectivity index (χ2v) is 4.86. The minimum absolute atomic E-state index is 0.473. The van der Waals surface area contributed by atoms with Gasteiger partial charge in [-0.25, -0.2) is 9.97 Å². The number of benzene rings is 1. The number of hydrogen-bond acceptors (Lipinski definition) is 4. The molecule has 19 heavy (non-hydrogen) atoms. The number of aromatic nitrogens is 2. The summed E-state index contributed by atoms with van der Waals surface area (Å²) in [5.41, 5.74) is 8.17. The highest BCUT2D eigenvalue weighted by atomic mass is 35.5. The molecular formula is C14H12ClN3O. The first-order valence-corrected chi connectivity index (χ1v) is 6.22. The van der Waals surface area contributed by atoms with Gasteiger partial charge in [-0.1, -0.05) is 11.6 Å². The highest BCUT2D eigenvalue weighted by Crippen LogP contribution is 2.31. The number of anilines is 1. The van der Waals surface area contributed by atoms with Gasteiger partial charge in [0.2, 0.25) is 0 Å². The lowest BCUT2D eigenvalue weighted by molar-refractivity contribution is 0.627. The largest absolute Gasteiger partial charge is 0.454 e. The molecule has 4 nitrogen and oxygen atoms in total. The van der Waals surface area contributed by atoms with Crippen LogP contribution in [0, 0.1) is 13.8 Å². The Bertz CT molecular complexity index is 780.